The molecule has 0 spiro atoms. The van der Waals surface area contributed by atoms with Crippen LogP contribution in [0.1, 0.15) is 74.2 Å². The second kappa shape index (κ2) is 11.6. The first-order valence-electron chi connectivity index (χ1n) is 12.5. The Bertz CT molecular complexity index is 1110. The predicted octanol–water partition coefficient (Wildman–Crippen LogP) is 4.77. The number of likely N-dealkylation sites (tertiary alicyclic amines) is 1. The molecule has 2 heterocycles. The summed E-state index contributed by atoms with van der Waals surface area (Å²) in [6.07, 6.45) is 0.493. The van der Waals surface area contributed by atoms with Crippen molar-refractivity contribution in [2.75, 3.05) is 6.61 Å². The summed E-state index contributed by atoms with van der Waals surface area (Å²) in [6, 6.07) is 2.13. The number of Topliss-reactive ketones (excluding diaryl/α,β-unsaturated/α-hetero) is 1. The first-order chi connectivity index (χ1) is 17.3. The monoisotopic (exact) mass is 565 g/mol. The smallest absolute Gasteiger partial charge is 0.397 e. The number of imide groups is 1. The van der Waals surface area contributed by atoms with Crippen LogP contribution in [-0.2, 0) is 28.3 Å². The van der Waals surface area contributed by atoms with Crippen LogP contribution in [0, 0.1) is 5.92 Å². The minimum Gasteiger partial charge on any atom is -0.456 e. The molecule has 2 amide bonds. The van der Waals surface area contributed by atoms with Gasteiger partial charge < -0.3 is 13.9 Å². The molecular weight excluding hydrogens is 526 g/mol. The topological polar surface area (TPSA) is 116 Å². The molecule has 0 N–H and O–H groups in total. The van der Waals surface area contributed by atoms with E-state index in [2.05, 4.69) is 27.4 Å². The summed E-state index contributed by atoms with van der Waals surface area (Å²) in [5, 5.41) is -0.127. The SMILES string of the molecule is C=CCOC(=O)C(=O)N1C(=O)C(C(C)O[Si](C)(C)C(C)(C)C)C1CC(=O)c1ccc(C(=O)OC(C)(C)C)s1. The zero-order chi connectivity index (χ0) is 29.2. The lowest BCUT2D eigenvalue weighted by Gasteiger charge is -2.49. The standard InChI is InChI=1S/C27H39NO8SSi/c1-11-14-34-25(33)23(31)28-17(21(22(28)30)16(2)36-38(9,10)27(6,7)8)15-18(29)19-12-13-20(37-19)24(32)35-26(3,4)5/h11-13,16-17,21H,1,14-15H2,2-10H3. The summed E-state index contributed by atoms with van der Waals surface area (Å²) in [6.45, 7) is 20.6. The van der Waals surface area contributed by atoms with Crippen molar-refractivity contribution < 1.29 is 37.9 Å². The molecule has 9 nitrogen and oxygen atoms in total. The maximum absolute atomic E-state index is 13.2. The van der Waals surface area contributed by atoms with E-state index in [1.165, 1.54) is 18.2 Å². The summed E-state index contributed by atoms with van der Waals surface area (Å²) in [7, 11) is -2.29. The van der Waals surface area contributed by atoms with Gasteiger partial charge in [-0.1, -0.05) is 33.4 Å². The van der Waals surface area contributed by atoms with Crippen molar-refractivity contribution in [3.63, 3.8) is 0 Å². The van der Waals surface area contributed by atoms with Crippen molar-refractivity contribution in [3.8, 4) is 0 Å². The van der Waals surface area contributed by atoms with Crippen LogP contribution in [0.25, 0.3) is 0 Å². The lowest BCUT2D eigenvalue weighted by atomic mass is 9.80. The highest BCUT2D eigenvalue weighted by Crippen LogP contribution is 2.41. The number of carbonyl (C=O) groups excluding carboxylic acids is 5. The first kappa shape index (κ1) is 31.6. The van der Waals surface area contributed by atoms with E-state index in [4.69, 9.17) is 13.9 Å². The number of carbonyl (C=O) groups is 5. The zero-order valence-corrected chi connectivity index (χ0v) is 25.5. The molecule has 0 bridgehead atoms. The van der Waals surface area contributed by atoms with Crippen molar-refractivity contribution in [1.29, 1.82) is 0 Å². The normalized spacial score (nSPS) is 18.9. The summed E-state index contributed by atoms with van der Waals surface area (Å²) in [5.41, 5.74) is -0.688. The molecule has 0 aromatic carbocycles. The van der Waals surface area contributed by atoms with Crippen LogP contribution in [0.5, 0.6) is 0 Å². The minimum atomic E-state index is -2.29. The molecule has 210 valence electrons. The Balaban J connectivity index is 2.30. The fourth-order valence-electron chi connectivity index (χ4n) is 3.78. The second-order valence-electron chi connectivity index (χ2n) is 11.9. The fourth-order valence-corrected chi connectivity index (χ4v) is 6.04. The van der Waals surface area contributed by atoms with E-state index in [9.17, 15) is 24.0 Å². The van der Waals surface area contributed by atoms with Crippen LogP contribution in [0.4, 0.5) is 0 Å². The highest BCUT2D eigenvalue weighted by atomic mass is 32.1. The van der Waals surface area contributed by atoms with Crippen molar-refractivity contribution in [2.24, 2.45) is 5.92 Å². The number of ketones is 1. The van der Waals surface area contributed by atoms with Gasteiger partial charge >= 0.3 is 17.8 Å². The number of thiophene rings is 1. The number of nitrogens with zero attached hydrogens (tertiary/aromatic N) is 1. The van der Waals surface area contributed by atoms with Crippen molar-refractivity contribution in [1.82, 2.24) is 4.90 Å². The van der Waals surface area contributed by atoms with Gasteiger partial charge in [-0.15, -0.1) is 11.3 Å². The van der Waals surface area contributed by atoms with Gasteiger partial charge in [-0.05, 0) is 58.0 Å². The molecule has 1 saturated heterocycles. The number of ether oxygens (including phenoxy) is 2. The molecule has 3 atom stereocenters. The van der Waals surface area contributed by atoms with Gasteiger partial charge in [0.2, 0.25) is 5.91 Å². The summed E-state index contributed by atoms with van der Waals surface area (Å²) < 4.78 is 16.6. The Hall–Kier alpha value is -2.63. The van der Waals surface area contributed by atoms with Gasteiger partial charge in [-0.3, -0.25) is 19.3 Å². The lowest BCUT2D eigenvalue weighted by molar-refractivity contribution is -0.179. The maximum atomic E-state index is 13.2. The molecule has 0 aliphatic carbocycles. The van der Waals surface area contributed by atoms with Gasteiger partial charge in [-0.25, -0.2) is 9.59 Å². The quantitative estimate of drug-likeness (QED) is 0.105. The summed E-state index contributed by atoms with van der Waals surface area (Å²) in [4.78, 5) is 65.2. The molecular formula is C27H39NO8SSi. The third kappa shape index (κ3) is 7.26. The Morgan fingerprint density at radius 1 is 1.11 bits per heavy atom. The molecule has 38 heavy (non-hydrogen) atoms. The van der Waals surface area contributed by atoms with Crippen molar-refractivity contribution in [3.05, 3.63) is 34.5 Å². The first-order valence-corrected chi connectivity index (χ1v) is 16.2. The third-order valence-corrected chi connectivity index (χ3v) is 12.3. The van der Waals surface area contributed by atoms with Crippen LogP contribution in [0.2, 0.25) is 18.1 Å². The third-order valence-electron chi connectivity index (χ3n) is 6.66. The molecule has 1 aromatic heterocycles. The van der Waals surface area contributed by atoms with E-state index in [0.29, 0.717) is 0 Å². The van der Waals surface area contributed by atoms with Gasteiger partial charge in [-0.2, -0.15) is 0 Å². The molecule has 1 fully saturated rings. The van der Waals surface area contributed by atoms with E-state index in [1.54, 1.807) is 27.7 Å². The van der Waals surface area contributed by atoms with E-state index in [0.717, 1.165) is 16.2 Å². The van der Waals surface area contributed by atoms with Gasteiger partial charge in [0, 0.05) is 6.42 Å². The molecule has 11 heteroatoms. The highest BCUT2D eigenvalue weighted by Gasteiger charge is 2.56. The van der Waals surface area contributed by atoms with Gasteiger partial charge in [0.1, 0.15) is 17.1 Å². The summed E-state index contributed by atoms with van der Waals surface area (Å²) >= 11 is 0.978. The van der Waals surface area contributed by atoms with E-state index < -0.39 is 55.7 Å². The number of rotatable bonds is 9. The van der Waals surface area contributed by atoms with Crippen LogP contribution in [-0.4, -0.2) is 67.1 Å². The van der Waals surface area contributed by atoms with Gasteiger partial charge in [0.05, 0.1) is 22.9 Å². The lowest BCUT2D eigenvalue weighted by Crippen LogP contribution is -2.68. The van der Waals surface area contributed by atoms with Gasteiger partial charge in [0.15, 0.2) is 14.1 Å². The van der Waals surface area contributed by atoms with Crippen LogP contribution >= 0.6 is 11.3 Å². The number of amides is 2. The van der Waals surface area contributed by atoms with Crippen molar-refractivity contribution >= 4 is 49.2 Å². The molecule has 0 radical (unpaired) electrons. The average Bonchev–Trinajstić information content (AvgIpc) is 3.25. The highest BCUT2D eigenvalue weighted by molar-refractivity contribution is 7.15. The summed E-state index contributed by atoms with van der Waals surface area (Å²) in [5.74, 6) is -4.63. The minimum absolute atomic E-state index is 0.127. The number of hydrogen-bond donors (Lipinski definition) is 0. The van der Waals surface area contributed by atoms with Crippen molar-refractivity contribution in [2.45, 2.75) is 90.8 Å². The fraction of sp³-hybridized carbons (Fsp3) is 0.593. The Morgan fingerprint density at radius 2 is 1.68 bits per heavy atom. The molecule has 1 aliphatic rings. The number of esters is 2. The molecule has 3 unspecified atom stereocenters. The van der Waals surface area contributed by atoms with E-state index >= 15 is 0 Å². The molecule has 1 aromatic rings. The van der Waals surface area contributed by atoms with E-state index in [-0.39, 0.29) is 33.6 Å². The molecule has 0 saturated carbocycles. The average molecular weight is 566 g/mol. The Morgan fingerprint density at radius 3 is 2.21 bits per heavy atom. The number of hydrogen-bond acceptors (Lipinski definition) is 9. The molecule has 2 rings (SSSR count). The Labute approximate surface area is 229 Å². The number of β-lactam (4-membered cyclic amide) rings is 1. The van der Waals surface area contributed by atoms with Crippen LogP contribution in [0.15, 0.2) is 24.8 Å². The van der Waals surface area contributed by atoms with Crippen LogP contribution in [0.3, 0.4) is 0 Å². The largest absolute Gasteiger partial charge is 0.456 e. The second-order valence-corrected chi connectivity index (χ2v) is 17.7. The van der Waals surface area contributed by atoms with E-state index in [1.807, 2.05) is 13.1 Å². The predicted molar refractivity (Wildman–Crippen MR) is 146 cm³/mol. The van der Waals surface area contributed by atoms with Crippen LogP contribution < -0.4 is 0 Å². The molecule has 1 aliphatic heterocycles. The van der Waals surface area contributed by atoms with Gasteiger partial charge in [0.25, 0.3) is 0 Å². The zero-order valence-electron chi connectivity index (χ0n) is 23.7. The Kier molecular flexibility index (Phi) is 9.66. The maximum Gasteiger partial charge on any atom is 0.397 e.